The van der Waals surface area contributed by atoms with Gasteiger partial charge in [-0.3, -0.25) is 9.59 Å². The monoisotopic (exact) mass is 429 g/mol. The molecule has 2 aromatic carbocycles. The Balaban J connectivity index is 1.53. The first-order valence-electron chi connectivity index (χ1n) is 8.84. The number of aryl methyl sites for hydroxylation is 1. The normalized spacial score (nSPS) is 10.6. The fourth-order valence-corrected chi connectivity index (χ4v) is 3.52. The van der Waals surface area contributed by atoms with Crippen LogP contribution in [0.5, 0.6) is 0 Å². The summed E-state index contributed by atoms with van der Waals surface area (Å²) in [5.41, 5.74) is 2.17. The average Bonchev–Trinajstić information content (AvgIpc) is 3.04. The number of benzene rings is 2. The molecular formula is C20H20ClN5O2S. The number of carbonyl (C=O) groups is 2. The van der Waals surface area contributed by atoms with Gasteiger partial charge in [0.15, 0.2) is 11.0 Å². The van der Waals surface area contributed by atoms with Gasteiger partial charge in [0, 0.05) is 23.3 Å². The van der Waals surface area contributed by atoms with Gasteiger partial charge < -0.3 is 15.2 Å². The van der Waals surface area contributed by atoms with Gasteiger partial charge in [0.1, 0.15) is 0 Å². The molecule has 2 N–H and O–H groups in total. The molecule has 3 aromatic rings. The highest BCUT2D eigenvalue weighted by atomic mass is 35.5. The molecule has 7 nitrogen and oxygen atoms in total. The van der Waals surface area contributed by atoms with Gasteiger partial charge in [-0.1, -0.05) is 47.6 Å². The van der Waals surface area contributed by atoms with Crippen LogP contribution in [-0.2, 0) is 18.4 Å². The Morgan fingerprint density at radius 2 is 1.93 bits per heavy atom. The zero-order valence-electron chi connectivity index (χ0n) is 16.0. The predicted octanol–water partition coefficient (Wildman–Crippen LogP) is 3.44. The van der Waals surface area contributed by atoms with Crippen molar-refractivity contribution in [3.05, 3.63) is 70.5 Å². The zero-order chi connectivity index (χ0) is 20.8. The minimum atomic E-state index is -0.172. The van der Waals surface area contributed by atoms with Gasteiger partial charge in [0.05, 0.1) is 12.3 Å². The number of hydrogen-bond acceptors (Lipinski definition) is 5. The Kier molecular flexibility index (Phi) is 6.90. The zero-order valence-corrected chi connectivity index (χ0v) is 17.5. The summed E-state index contributed by atoms with van der Waals surface area (Å²) in [6.07, 6.45) is 0. The molecule has 29 heavy (non-hydrogen) atoms. The second-order valence-corrected chi connectivity index (χ2v) is 7.68. The minimum absolute atomic E-state index is 0.166. The molecule has 2 amide bonds. The average molecular weight is 430 g/mol. The summed E-state index contributed by atoms with van der Waals surface area (Å²) in [5.74, 6) is 0.439. The van der Waals surface area contributed by atoms with Crippen LogP contribution in [0.25, 0.3) is 0 Å². The van der Waals surface area contributed by atoms with Crippen molar-refractivity contribution < 1.29 is 9.59 Å². The molecule has 0 unspecified atom stereocenters. The maximum Gasteiger partial charge on any atom is 0.251 e. The standard InChI is InChI=1S/C20H20ClN5O2S/c1-13-6-3-4-9-16(13)19(28)22-11-17-24-25-20(26(17)2)29-12-18(27)23-15-8-5-7-14(21)10-15/h3-10H,11-12H2,1-2H3,(H,22,28)(H,23,27). The highest BCUT2D eigenvalue weighted by Gasteiger charge is 2.14. The molecule has 0 fully saturated rings. The van der Waals surface area contributed by atoms with Crippen molar-refractivity contribution in [1.29, 1.82) is 0 Å². The fraction of sp³-hybridized carbons (Fsp3) is 0.200. The molecule has 0 saturated heterocycles. The van der Waals surface area contributed by atoms with Gasteiger partial charge in [0.25, 0.3) is 5.91 Å². The molecule has 1 aromatic heterocycles. The topological polar surface area (TPSA) is 88.9 Å². The lowest BCUT2D eigenvalue weighted by atomic mass is 10.1. The first kappa shape index (κ1) is 20.9. The van der Waals surface area contributed by atoms with E-state index in [2.05, 4.69) is 20.8 Å². The van der Waals surface area contributed by atoms with Crippen molar-refractivity contribution in [3.63, 3.8) is 0 Å². The maximum atomic E-state index is 12.3. The summed E-state index contributed by atoms with van der Waals surface area (Å²) in [5, 5.41) is 15.0. The maximum absolute atomic E-state index is 12.3. The van der Waals surface area contributed by atoms with Crippen LogP contribution in [0.1, 0.15) is 21.7 Å². The van der Waals surface area contributed by atoms with Crippen LogP contribution in [0, 0.1) is 6.92 Å². The van der Waals surface area contributed by atoms with E-state index in [9.17, 15) is 9.59 Å². The number of rotatable bonds is 7. The Labute approximate surface area is 177 Å². The highest BCUT2D eigenvalue weighted by molar-refractivity contribution is 7.99. The Bertz CT molecular complexity index is 1040. The van der Waals surface area contributed by atoms with E-state index in [1.54, 1.807) is 41.9 Å². The van der Waals surface area contributed by atoms with E-state index < -0.39 is 0 Å². The number of carbonyl (C=O) groups excluding carboxylic acids is 2. The van der Waals surface area contributed by atoms with E-state index >= 15 is 0 Å². The van der Waals surface area contributed by atoms with Crippen molar-refractivity contribution in [2.24, 2.45) is 7.05 Å². The van der Waals surface area contributed by atoms with E-state index in [1.165, 1.54) is 11.8 Å². The number of amides is 2. The summed E-state index contributed by atoms with van der Waals surface area (Å²) < 4.78 is 1.76. The Morgan fingerprint density at radius 1 is 1.14 bits per heavy atom. The molecule has 0 spiro atoms. The lowest BCUT2D eigenvalue weighted by Gasteiger charge is -2.08. The smallest absolute Gasteiger partial charge is 0.251 e. The van der Waals surface area contributed by atoms with E-state index in [0.717, 1.165) is 5.56 Å². The summed E-state index contributed by atoms with van der Waals surface area (Å²) in [4.78, 5) is 24.5. The molecule has 0 aliphatic heterocycles. The molecule has 0 bridgehead atoms. The predicted molar refractivity (Wildman–Crippen MR) is 114 cm³/mol. The molecule has 3 rings (SSSR count). The molecule has 0 aliphatic carbocycles. The number of thioether (sulfide) groups is 1. The summed E-state index contributed by atoms with van der Waals surface area (Å²) in [6, 6.07) is 14.3. The fourth-order valence-electron chi connectivity index (χ4n) is 2.60. The summed E-state index contributed by atoms with van der Waals surface area (Å²) in [6.45, 7) is 2.13. The van der Waals surface area contributed by atoms with Crippen molar-refractivity contribution in [2.45, 2.75) is 18.6 Å². The molecular weight excluding hydrogens is 410 g/mol. The number of hydrogen-bond donors (Lipinski definition) is 2. The third-order valence-corrected chi connectivity index (χ3v) is 5.42. The van der Waals surface area contributed by atoms with Gasteiger partial charge in [0.2, 0.25) is 5.91 Å². The SMILES string of the molecule is Cc1ccccc1C(=O)NCc1nnc(SCC(=O)Nc2cccc(Cl)c2)n1C. The molecule has 9 heteroatoms. The second-order valence-electron chi connectivity index (χ2n) is 6.30. The van der Waals surface area contributed by atoms with Crippen LogP contribution in [0.15, 0.2) is 53.7 Å². The van der Waals surface area contributed by atoms with Crippen LogP contribution in [0.4, 0.5) is 5.69 Å². The number of nitrogens with one attached hydrogen (secondary N) is 2. The number of nitrogens with zero attached hydrogens (tertiary/aromatic N) is 3. The van der Waals surface area contributed by atoms with Gasteiger partial charge in [-0.25, -0.2) is 0 Å². The van der Waals surface area contributed by atoms with Crippen LogP contribution < -0.4 is 10.6 Å². The van der Waals surface area contributed by atoms with Crippen LogP contribution in [0.2, 0.25) is 5.02 Å². The van der Waals surface area contributed by atoms with Crippen molar-refractivity contribution in [1.82, 2.24) is 20.1 Å². The van der Waals surface area contributed by atoms with Gasteiger partial charge in [-0.2, -0.15) is 0 Å². The van der Waals surface area contributed by atoms with Gasteiger partial charge in [-0.05, 0) is 36.8 Å². The van der Waals surface area contributed by atoms with Crippen molar-refractivity contribution in [3.8, 4) is 0 Å². The van der Waals surface area contributed by atoms with Gasteiger partial charge in [-0.15, -0.1) is 10.2 Å². The number of halogens is 1. The Morgan fingerprint density at radius 3 is 2.69 bits per heavy atom. The van der Waals surface area contributed by atoms with E-state index in [0.29, 0.717) is 27.3 Å². The molecule has 0 saturated carbocycles. The Hall–Kier alpha value is -2.84. The molecule has 0 atom stereocenters. The third-order valence-electron chi connectivity index (χ3n) is 4.16. The summed E-state index contributed by atoms with van der Waals surface area (Å²) >= 11 is 7.18. The third kappa shape index (κ3) is 5.58. The van der Waals surface area contributed by atoms with Crippen LogP contribution in [-0.4, -0.2) is 32.3 Å². The van der Waals surface area contributed by atoms with Crippen molar-refractivity contribution in [2.75, 3.05) is 11.1 Å². The van der Waals surface area contributed by atoms with E-state index in [-0.39, 0.29) is 24.1 Å². The van der Waals surface area contributed by atoms with E-state index in [1.807, 2.05) is 25.1 Å². The molecule has 1 heterocycles. The molecule has 0 aliphatic rings. The van der Waals surface area contributed by atoms with Gasteiger partial charge >= 0.3 is 0 Å². The number of anilines is 1. The van der Waals surface area contributed by atoms with Crippen molar-refractivity contribution >= 4 is 40.9 Å². The molecule has 0 radical (unpaired) electrons. The van der Waals surface area contributed by atoms with Crippen LogP contribution in [0.3, 0.4) is 0 Å². The largest absolute Gasteiger partial charge is 0.345 e. The molecule has 150 valence electrons. The highest BCUT2D eigenvalue weighted by Crippen LogP contribution is 2.18. The first-order chi connectivity index (χ1) is 13.9. The lowest BCUT2D eigenvalue weighted by Crippen LogP contribution is -2.25. The number of aromatic nitrogens is 3. The van der Waals surface area contributed by atoms with Crippen LogP contribution >= 0.6 is 23.4 Å². The summed E-state index contributed by atoms with van der Waals surface area (Å²) in [7, 11) is 1.80. The van der Waals surface area contributed by atoms with E-state index in [4.69, 9.17) is 11.6 Å². The second kappa shape index (κ2) is 9.58. The lowest BCUT2D eigenvalue weighted by molar-refractivity contribution is -0.113. The minimum Gasteiger partial charge on any atom is -0.345 e. The first-order valence-corrected chi connectivity index (χ1v) is 10.2. The quantitative estimate of drug-likeness (QED) is 0.561.